The number of piperazine rings is 1. The molecule has 4 fully saturated rings. The number of aromatic nitrogens is 2. The number of nitrogens with one attached hydrogen (secondary N) is 1. The van der Waals surface area contributed by atoms with Crippen LogP contribution in [0.2, 0.25) is 0 Å². The molecule has 2 aromatic rings. The number of urea groups is 1. The molecule has 2 saturated heterocycles. The van der Waals surface area contributed by atoms with Gasteiger partial charge in [-0.1, -0.05) is 12.1 Å². The molecule has 1 aromatic carbocycles. The van der Waals surface area contributed by atoms with Crippen molar-refractivity contribution in [3.8, 4) is 5.69 Å². The summed E-state index contributed by atoms with van der Waals surface area (Å²) in [5, 5.41) is 2.72. The summed E-state index contributed by atoms with van der Waals surface area (Å²) in [4.78, 5) is 48.1. The second-order valence-corrected chi connectivity index (χ2v) is 11.2. The molecule has 2 aliphatic carbocycles. The fourth-order valence-corrected chi connectivity index (χ4v) is 6.20. The summed E-state index contributed by atoms with van der Waals surface area (Å²) in [7, 11) is 0. The Morgan fingerprint density at radius 2 is 1.62 bits per heavy atom. The van der Waals surface area contributed by atoms with E-state index in [1.54, 1.807) is 22.1 Å². The number of anilines is 1. The number of nitrogens with zero attached hydrogens (tertiary/aromatic N) is 5. The lowest BCUT2D eigenvalue weighted by atomic mass is 10.1. The van der Waals surface area contributed by atoms with Gasteiger partial charge in [-0.3, -0.25) is 19.6 Å². The van der Waals surface area contributed by atoms with Gasteiger partial charge in [0.2, 0.25) is 5.91 Å². The summed E-state index contributed by atoms with van der Waals surface area (Å²) in [6, 6.07) is 9.23. The van der Waals surface area contributed by atoms with Crippen molar-refractivity contribution >= 4 is 30.2 Å². The van der Waals surface area contributed by atoms with Gasteiger partial charge < -0.3 is 21.3 Å². The minimum Gasteiger partial charge on any atom is -0.339 e. The van der Waals surface area contributed by atoms with Gasteiger partial charge in [-0.2, -0.15) is 4.98 Å². The fourth-order valence-electron chi connectivity index (χ4n) is 6.20. The number of hydrogen-bond donors (Lipinski definition) is 3. The molecule has 0 bridgehead atoms. The Morgan fingerprint density at radius 1 is 0.974 bits per heavy atom. The van der Waals surface area contributed by atoms with Gasteiger partial charge >= 0.3 is 11.7 Å². The summed E-state index contributed by atoms with van der Waals surface area (Å²) >= 11 is 0. The van der Waals surface area contributed by atoms with Crippen LogP contribution in [-0.4, -0.2) is 88.5 Å². The van der Waals surface area contributed by atoms with Gasteiger partial charge in [-0.25, -0.2) is 9.59 Å². The Labute approximate surface area is 233 Å². The van der Waals surface area contributed by atoms with Gasteiger partial charge in [-0.15, -0.1) is 12.4 Å². The van der Waals surface area contributed by atoms with E-state index in [1.807, 2.05) is 24.3 Å². The first-order chi connectivity index (χ1) is 18.4. The first kappa shape index (κ1) is 27.6. The largest absolute Gasteiger partial charge is 0.354 e. The number of benzene rings is 1. The monoisotopic (exact) mass is 556 g/mol. The number of hydrogen-bond acceptors (Lipinski definition) is 7. The number of likely N-dealkylation sites (tertiary alicyclic amines) is 1. The molecule has 1 aromatic heterocycles. The van der Waals surface area contributed by atoms with Crippen molar-refractivity contribution < 1.29 is 9.59 Å². The molecule has 5 N–H and O–H groups in total. The van der Waals surface area contributed by atoms with E-state index in [1.165, 1.54) is 10.1 Å². The molecule has 3 amide bonds. The van der Waals surface area contributed by atoms with E-state index in [-0.39, 0.29) is 35.6 Å². The molecule has 6 rings (SSSR count). The third kappa shape index (κ3) is 5.41. The third-order valence-electron chi connectivity index (χ3n) is 8.93. The highest BCUT2D eigenvalue weighted by Gasteiger charge is 2.54. The van der Waals surface area contributed by atoms with Crippen LogP contribution in [0, 0.1) is 23.2 Å². The highest BCUT2D eigenvalue weighted by Crippen LogP contribution is 2.51. The number of nitrogens with two attached hydrogens (primary N) is 2. The second kappa shape index (κ2) is 10.9. The van der Waals surface area contributed by atoms with Crippen LogP contribution in [0.3, 0.4) is 0 Å². The normalized spacial score (nSPS) is 25.0. The molecule has 2 unspecified atom stereocenters. The highest BCUT2D eigenvalue weighted by molar-refractivity contribution is 5.89. The SMILES string of the molecule is Cl.NCC1C2CN(Cc3ccc(-n4ccc(NC(=O)N5CCN(C(=O)C6(CN)CC6)CC5)nc4=O)cc3)CC12. The van der Waals surface area contributed by atoms with Crippen molar-refractivity contribution in [3.05, 3.63) is 52.6 Å². The lowest BCUT2D eigenvalue weighted by Crippen LogP contribution is -2.54. The van der Waals surface area contributed by atoms with E-state index in [0.717, 1.165) is 62.5 Å². The molecule has 210 valence electrons. The van der Waals surface area contributed by atoms with Gasteiger partial charge in [-0.05, 0) is 60.9 Å². The van der Waals surface area contributed by atoms with Crippen LogP contribution in [0.5, 0.6) is 0 Å². The zero-order valence-corrected chi connectivity index (χ0v) is 22.8. The van der Waals surface area contributed by atoms with E-state index in [9.17, 15) is 14.4 Å². The minimum atomic E-state index is -0.463. The summed E-state index contributed by atoms with van der Waals surface area (Å²) in [5.74, 6) is 2.57. The molecule has 12 heteroatoms. The van der Waals surface area contributed by atoms with Crippen LogP contribution in [-0.2, 0) is 11.3 Å². The molecule has 0 spiro atoms. The molecule has 2 aliphatic heterocycles. The second-order valence-electron chi connectivity index (χ2n) is 11.2. The van der Waals surface area contributed by atoms with Crippen LogP contribution in [0.4, 0.5) is 10.6 Å². The fraction of sp³-hybridized carbons (Fsp3) is 0.556. The van der Waals surface area contributed by atoms with Gasteiger partial charge in [0.05, 0.1) is 11.1 Å². The number of halogens is 1. The van der Waals surface area contributed by atoms with Crippen LogP contribution in [0.15, 0.2) is 41.3 Å². The highest BCUT2D eigenvalue weighted by atomic mass is 35.5. The quantitative estimate of drug-likeness (QED) is 0.455. The van der Waals surface area contributed by atoms with E-state index < -0.39 is 5.69 Å². The van der Waals surface area contributed by atoms with Crippen LogP contribution in [0.25, 0.3) is 5.69 Å². The van der Waals surface area contributed by atoms with Crippen molar-refractivity contribution in [3.63, 3.8) is 0 Å². The maximum atomic E-state index is 12.7. The zero-order chi connectivity index (χ0) is 26.4. The van der Waals surface area contributed by atoms with Crippen molar-refractivity contribution in [2.24, 2.45) is 34.6 Å². The predicted molar refractivity (Wildman–Crippen MR) is 150 cm³/mol. The van der Waals surface area contributed by atoms with Crippen LogP contribution in [0.1, 0.15) is 18.4 Å². The molecule has 11 nitrogen and oxygen atoms in total. The maximum absolute atomic E-state index is 12.7. The number of piperidine rings is 1. The standard InChI is InChI=1S/C27H36N8O3.ClH/c28-13-20-21-15-32(16-22(20)21)14-18-1-3-19(4-2-18)35-8-5-23(31-26(35)38)30-25(37)34-11-9-33(10-12-34)24(36)27(17-29)6-7-27;/h1-5,8,20-22H,6-7,9-17,28-29H2,(H,30,31,37,38);1H. The third-order valence-corrected chi connectivity index (χ3v) is 8.93. The Kier molecular flexibility index (Phi) is 7.69. The molecule has 39 heavy (non-hydrogen) atoms. The van der Waals surface area contributed by atoms with Crippen molar-refractivity contribution in [1.29, 1.82) is 0 Å². The summed E-state index contributed by atoms with van der Waals surface area (Å²) < 4.78 is 1.46. The minimum absolute atomic E-state index is 0. The van der Waals surface area contributed by atoms with Crippen molar-refractivity contribution in [2.75, 3.05) is 57.7 Å². The number of carbonyl (C=O) groups is 2. The van der Waals surface area contributed by atoms with E-state index >= 15 is 0 Å². The number of carbonyl (C=O) groups excluding carboxylic acids is 2. The van der Waals surface area contributed by atoms with E-state index in [4.69, 9.17) is 11.5 Å². The maximum Gasteiger partial charge on any atom is 0.354 e. The van der Waals surface area contributed by atoms with Crippen LogP contribution >= 0.6 is 12.4 Å². The molecule has 2 atom stereocenters. The van der Waals surface area contributed by atoms with Crippen molar-refractivity contribution in [1.82, 2.24) is 24.3 Å². The lowest BCUT2D eigenvalue weighted by Gasteiger charge is -2.36. The summed E-state index contributed by atoms with van der Waals surface area (Å²) in [5.41, 5.74) is 12.7. The molecule has 3 heterocycles. The average Bonchev–Trinajstić information content (AvgIpc) is 3.83. The molecule has 2 saturated carbocycles. The van der Waals surface area contributed by atoms with E-state index in [2.05, 4.69) is 15.2 Å². The first-order valence-corrected chi connectivity index (χ1v) is 13.6. The van der Waals surface area contributed by atoms with Gasteiger partial charge in [0, 0.05) is 58.6 Å². The number of amides is 3. The lowest BCUT2D eigenvalue weighted by molar-refractivity contribution is -0.138. The van der Waals surface area contributed by atoms with Crippen LogP contribution < -0.4 is 22.5 Å². The Hall–Kier alpha value is -2.99. The smallest absolute Gasteiger partial charge is 0.339 e. The Bertz CT molecular complexity index is 1260. The molecular weight excluding hydrogens is 520 g/mol. The summed E-state index contributed by atoms with van der Waals surface area (Å²) in [6.07, 6.45) is 3.32. The number of fused-ring (bicyclic) bond motifs is 1. The Balaban J connectivity index is 0.00000308. The molecule has 4 aliphatic rings. The van der Waals surface area contributed by atoms with Gasteiger partial charge in [0.1, 0.15) is 5.82 Å². The van der Waals surface area contributed by atoms with Gasteiger partial charge in [0.25, 0.3) is 0 Å². The van der Waals surface area contributed by atoms with Gasteiger partial charge in [0.15, 0.2) is 0 Å². The Morgan fingerprint density at radius 3 is 2.18 bits per heavy atom. The predicted octanol–water partition coefficient (Wildman–Crippen LogP) is 0.706. The number of rotatable bonds is 7. The topological polar surface area (TPSA) is 143 Å². The molecular formula is C27H37ClN8O3. The molecule has 0 radical (unpaired) electrons. The summed E-state index contributed by atoms with van der Waals surface area (Å²) in [6.45, 7) is 6.13. The van der Waals surface area contributed by atoms with Crippen molar-refractivity contribution in [2.45, 2.75) is 19.4 Å². The van der Waals surface area contributed by atoms with E-state index in [0.29, 0.717) is 32.7 Å². The first-order valence-electron chi connectivity index (χ1n) is 13.6. The zero-order valence-electron chi connectivity index (χ0n) is 22.0. The average molecular weight is 557 g/mol.